The van der Waals surface area contributed by atoms with Crippen molar-refractivity contribution >= 4 is 23.4 Å². The molecule has 0 aliphatic carbocycles. The highest BCUT2D eigenvalue weighted by molar-refractivity contribution is 6.29. The second kappa shape index (κ2) is 4.90. The topological polar surface area (TPSA) is 58.3 Å². The Morgan fingerprint density at radius 1 is 1.22 bits per heavy atom. The molecule has 0 radical (unpaired) electrons. The van der Waals surface area contributed by atoms with Gasteiger partial charge in [0.1, 0.15) is 11.0 Å². The Kier molecular flexibility index (Phi) is 3.26. The number of halogens is 1. The maximum Gasteiger partial charge on any atom is 0.223 e. The van der Waals surface area contributed by atoms with Gasteiger partial charge in [-0.3, -0.25) is 4.90 Å². The van der Waals surface area contributed by atoms with Crippen molar-refractivity contribution in [3.63, 3.8) is 0 Å². The fourth-order valence-electron chi connectivity index (χ4n) is 2.95. The summed E-state index contributed by atoms with van der Waals surface area (Å²) < 4.78 is 0. The van der Waals surface area contributed by atoms with Gasteiger partial charge in [-0.25, -0.2) is 4.98 Å². The first kappa shape index (κ1) is 12.0. The Bertz CT molecular complexity index is 418. The molecule has 0 spiro atoms. The van der Waals surface area contributed by atoms with Crippen LogP contribution in [0.25, 0.3) is 0 Å². The van der Waals surface area contributed by atoms with Crippen LogP contribution in [0, 0.1) is 0 Å². The summed E-state index contributed by atoms with van der Waals surface area (Å²) in [6.07, 6.45) is 3.95. The van der Waals surface area contributed by atoms with E-state index < -0.39 is 0 Å². The second-order valence-electron chi connectivity index (χ2n) is 5.04. The number of anilines is 2. The fourth-order valence-corrected chi connectivity index (χ4v) is 3.13. The number of piperidine rings is 1. The molecule has 1 aromatic rings. The fraction of sp³-hybridized carbons (Fsp3) is 0.667. The molecular weight excluding hydrogens is 250 g/mol. The zero-order valence-electron chi connectivity index (χ0n) is 10.3. The number of nitrogens with two attached hydrogens (primary N) is 1. The molecule has 2 fully saturated rings. The molecule has 1 atom stereocenters. The minimum absolute atomic E-state index is 0.253. The van der Waals surface area contributed by atoms with E-state index in [1.54, 1.807) is 6.07 Å². The standard InChI is InChI=1S/C12H18ClN5/c13-10-7-11(16-12(14)15-10)18-6-5-17-4-2-1-3-9(17)8-18/h7,9H,1-6,8H2,(H2,14,15,16)/t9-/m0/s1. The van der Waals surface area contributed by atoms with Crippen LogP contribution in [0.1, 0.15) is 19.3 Å². The van der Waals surface area contributed by atoms with Gasteiger partial charge in [-0.15, -0.1) is 0 Å². The summed E-state index contributed by atoms with van der Waals surface area (Å²) in [4.78, 5) is 13.1. The quantitative estimate of drug-likeness (QED) is 0.779. The number of nitrogen functional groups attached to an aromatic ring is 1. The van der Waals surface area contributed by atoms with Crippen LogP contribution in [0.15, 0.2) is 6.07 Å². The number of fused-ring (bicyclic) bond motifs is 1. The van der Waals surface area contributed by atoms with Crippen molar-refractivity contribution in [2.45, 2.75) is 25.3 Å². The highest BCUT2D eigenvalue weighted by Gasteiger charge is 2.29. The summed E-state index contributed by atoms with van der Waals surface area (Å²) in [7, 11) is 0. The van der Waals surface area contributed by atoms with Crippen LogP contribution in [0.3, 0.4) is 0 Å². The van der Waals surface area contributed by atoms with Crippen molar-refractivity contribution < 1.29 is 0 Å². The van der Waals surface area contributed by atoms with Crippen LogP contribution in [0.4, 0.5) is 11.8 Å². The molecule has 2 aliphatic heterocycles. The monoisotopic (exact) mass is 267 g/mol. The van der Waals surface area contributed by atoms with Gasteiger partial charge in [0.15, 0.2) is 0 Å². The third-order valence-corrected chi connectivity index (χ3v) is 4.05. The molecule has 0 saturated carbocycles. The van der Waals surface area contributed by atoms with Crippen LogP contribution in [0.2, 0.25) is 5.15 Å². The van der Waals surface area contributed by atoms with E-state index in [9.17, 15) is 0 Å². The van der Waals surface area contributed by atoms with E-state index in [4.69, 9.17) is 17.3 Å². The number of rotatable bonds is 1. The second-order valence-corrected chi connectivity index (χ2v) is 5.43. The molecule has 5 nitrogen and oxygen atoms in total. The van der Waals surface area contributed by atoms with Gasteiger partial charge in [-0.2, -0.15) is 4.98 Å². The highest BCUT2D eigenvalue weighted by Crippen LogP contribution is 2.25. The molecule has 1 aromatic heterocycles. The van der Waals surface area contributed by atoms with Crippen molar-refractivity contribution in [2.24, 2.45) is 0 Å². The summed E-state index contributed by atoms with van der Waals surface area (Å²) >= 11 is 5.94. The molecule has 0 amide bonds. The van der Waals surface area contributed by atoms with Crippen molar-refractivity contribution in [2.75, 3.05) is 36.8 Å². The summed E-state index contributed by atoms with van der Waals surface area (Å²) in [6, 6.07) is 2.46. The molecule has 0 aromatic carbocycles. The molecule has 3 rings (SSSR count). The van der Waals surface area contributed by atoms with E-state index in [0.717, 1.165) is 25.5 Å². The number of piperazine rings is 1. The molecule has 6 heteroatoms. The van der Waals surface area contributed by atoms with Crippen LogP contribution < -0.4 is 10.6 Å². The Morgan fingerprint density at radius 2 is 2.11 bits per heavy atom. The maximum atomic E-state index is 5.94. The van der Waals surface area contributed by atoms with E-state index in [-0.39, 0.29) is 5.95 Å². The van der Waals surface area contributed by atoms with E-state index >= 15 is 0 Å². The Labute approximate surface area is 112 Å². The van der Waals surface area contributed by atoms with Crippen LogP contribution in [0.5, 0.6) is 0 Å². The number of aromatic nitrogens is 2. The zero-order valence-corrected chi connectivity index (χ0v) is 11.1. The van der Waals surface area contributed by atoms with E-state index in [2.05, 4.69) is 19.8 Å². The predicted octanol–water partition coefficient (Wildman–Crippen LogP) is 1.39. The van der Waals surface area contributed by atoms with Crippen LogP contribution in [-0.2, 0) is 0 Å². The minimum atomic E-state index is 0.253. The van der Waals surface area contributed by atoms with E-state index in [1.165, 1.54) is 25.8 Å². The molecule has 2 N–H and O–H groups in total. The lowest BCUT2D eigenvalue weighted by Crippen LogP contribution is -2.55. The first-order chi connectivity index (χ1) is 8.72. The van der Waals surface area contributed by atoms with E-state index in [0.29, 0.717) is 11.2 Å². The SMILES string of the molecule is Nc1nc(Cl)cc(N2CCN3CCCC[C@H]3C2)n1. The minimum Gasteiger partial charge on any atom is -0.368 e. The van der Waals surface area contributed by atoms with Crippen molar-refractivity contribution in [1.82, 2.24) is 14.9 Å². The van der Waals surface area contributed by atoms with Gasteiger partial charge < -0.3 is 10.6 Å². The number of hydrogen-bond donors (Lipinski definition) is 1. The average Bonchev–Trinajstić information content (AvgIpc) is 2.37. The third kappa shape index (κ3) is 2.37. The first-order valence-electron chi connectivity index (χ1n) is 6.51. The lowest BCUT2D eigenvalue weighted by atomic mass is 9.99. The number of hydrogen-bond acceptors (Lipinski definition) is 5. The van der Waals surface area contributed by atoms with Gasteiger partial charge in [0, 0.05) is 31.7 Å². The Balaban J connectivity index is 1.76. The molecule has 18 heavy (non-hydrogen) atoms. The maximum absolute atomic E-state index is 5.94. The number of nitrogens with zero attached hydrogens (tertiary/aromatic N) is 4. The molecule has 0 bridgehead atoms. The molecule has 98 valence electrons. The van der Waals surface area contributed by atoms with Gasteiger partial charge in [0.2, 0.25) is 5.95 Å². The summed E-state index contributed by atoms with van der Waals surface area (Å²) in [5.74, 6) is 1.11. The molecule has 3 heterocycles. The van der Waals surface area contributed by atoms with Crippen molar-refractivity contribution in [3.05, 3.63) is 11.2 Å². The summed E-state index contributed by atoms with van der Waals surface area (Å²) in [5.41, 5.74) is 5.65. The van der Waals surface area contributed by atoms with Gasteiger partial charge in [0.05, 0.1) is 0 Å². The van der Waals surface area contributed by atoms with Crippen molar-refractivity contribution in [3.8, 4) is 0 Å². The normalized spacial score (nSPS) is 24.9. The Hall–Kier alpha value is -1.07. The highest BCUT2D eigenvalue weighted by atomic mass is 35.5. The zero-order chi connectivity index (χ0) is 12.5. The van der Waals surface area contributed by atoms with Crippen LogP contribution >= 0.6 is 11.6 Å². The Morgan fingerprint density at radius 3 is 2.94 bits per heavy atom. The lowest BCUT2D eigenvalue weighted by Gasteiger charge is -2.44. The predicted molar refractivity (Wildman–Crippen MR) is 72.9 cm³/mol. The largest absolute Gasteiger partial charge is 0.368 e. The van der Waals surface area contributed by atoms with Gasteiger partial charge >= 0.3 is 0 Å². The average molecular weight is 268 g/mol. The lowest BCUT2D eigenvalue weighted by molar-refractivity contribution is 0.133. The third-order valence-electron chi connectivity index (χ3n) is 3.86. The van der Waals surface area contributed by atoms with Gasteiger partial charge in [-0.1, -0.05) is 18.0 Å². The molecular formula is C12H18ClN5. The van der Waals surface area contributed by atoms with Gasteiger partial charge in [-0.05, 0) is 19.4 Å². The molecule has 2 aliphatic rings. The summed E-state index contributed by atoms with van der Waals surface area (Å²) in [6.45, 7) is 4.35. The molecule has 0 unspecified atom stereocenters. The van der Waals surface area contributed by atoms with Gasteiger partial charge in [0.25, 0.3) is 0 Å². The van der Waals surface area contributed by atoms with E-state index in [1.807, 2.05) is 0 Å². The first-order valence-corrected chi connectivity index (χ1v) is 6.89. The molecule has 2 saturated heterocycles. The summed E-state index contributed by atoms with van der Waals surface area (Å²) in [5, 5.41) is 0.420. The smallest absolute Gasteiger partial charge is 0.223 e. The van der Waals surface area contributed by atoms with Crippen LogP contribution in [-0.4, -0.2) is 47.1 Å². The van der Waals surface area contributed by atoms with Crippen molar-refractivity contribution in [1.29, 1.82) is 0 Å².